The highest BCUT2D eigenvalue weighted by molar-refractivity contribution is 6.40. The number of nitrogens with one attached hydrogen (secondary N) is 3. The maximum absolute atomic E-state index is 12.7. The Kier molecular flexibility index (Phi) is 5.82. The molecule has 3 N–H and O–H groups in total. The van der Waals surface area contributed by atoms with E-state index in [4.69, 9.17) is 23.2 Å². The van der Waals surface area contributed by atoms with Gasteiger partial charge in [0.2, 0.25) is 0 Å². The molecule has 3 aromatic rings. The van der Waals surface area contributed by atoms with Crippen LogP contribution in [0.25, 0.3) is 10.9 Å². The molecule has 0 saturated heterocycles. The van der Waals surface area contributed by atoms with Crippen molar-refractivity contribution in [1.82, 2.24) is 10.4 Å². The molecule has 0 aliphatic rings. The normalized spacial score (nSPS) is 10.4. The Morgan fingerprint density at radius 1 is 1.00 bits per heavy atom. The van der Waals surface area contributed by atoms with Crippen LogP contribution in [0.15, 0.2) is 60.8 Å². The summed E-state index contributed by atoms with van der Waals surface area (Å²) in [6.45, 7) is 5.19. The number of hydrogen-bond acceptors (Lipinski definition) is 4. The monoisotopic (exact) mass is 414 g/mol. The summed E-state index contributed by atoms with van der Waals surface area (Å²) in [5.74, 6) is -0.776. The van der Waals surface area contributed by atoms with Crippen molar-refractivity contribution in [3.8, 4) is 0 Å². The lowest BCUT2D eigenvalue weighted by Crippen LogP contribution is -2.29. The standard InChI is InChI=1S/C20H16Cl2N4O2/c1-11(2)19(27)26-25-15-9-10-23-18-12(15)5-3-8-16(18)24-20(28)17-13(21)6-4-7-14(17)22/h3-10H,1H2,2H3,(H,23,25)(H,24,28)(H,26,27). The van der Waals surface area contributed by atoms with E-state index < -0.39 is 5.91 Å². The summed E-state index contributed by atoms with van der Waals surface area (Å²) in [5, 5.41) is 4.00. The Labute approximate surface area is 171 Å². The van der Waals surface area contributed by atoms with Gasteiger partial charge in [-0.2, -0.15) is 0 Å². The van der Waals surface area contributed by atoms with Gasteiger partial charge < -0.3 is 5.32 Å². The zero-order valence-corrected chi connectivity index (χ0v) is 16.4. The van der Waals surface area contributed by atoms with Gasteiger partial charge >= 0.3 is 0 Å². The minimum Gasteiger partial charge on any atom is -0.320 e. The van der Waals surface area contributed by atoms with Gasteiger partial charge in [0.15, 0.2) is 0 Å². The third kappa shape index (κ3) is 4.08. The van der Waals surface area contributed by atoms with E-state index in [1.54, 1.807) is 49.5 Å². The highest BCUT2D eigenvalue weighted by Crippen LogP contribution is 2.29. The zero-order chi connectivity index (χ0) is 20.3. The molecule has 1 heterocycles. The Morgan fingerprint density at radius 2 is 1.68 bits per heavy atom. The molecule has 0 bridgehead atoms. The fraction of sp³-hybridized carbons (Fsp3) is 0.0500. The van der Waals surface area contributed by atoms with Gasteiger partial charge in [-0.25, -0.2) is 0 Å². The molecular formula is C20H16Cl2N4O2. The molecule has 6 nitrogen and oxygen atoms in total. The molecule has 28 heavy (non-hydrogen) atoms. The first-order valence-electron chi connectivity index (χ1n) is 8.23. The van der Waals surface area contributed by atoms with E-state index in [-0.39, 0.29) is 21.5 Å². The number of carbonyl (C=O) groups excluding carboxylic acids is 2. The van der Waals surface area contributed by atoms with E-state index >= 15 is 0 Å². The first kappa shape index (κ1) is 19.7. The summed E-state index contributed by atoms with van der Waals surface area (Å²) < 4.78 is 0. The van der Waals surface area contributed by atoms with Gasteiger partial charge in [0.1, 0.15) is 0 Å². The lowest BCUT2D eigenvalue weighted by Gasteiger charge is -2.13. The van der Waals surface area contributed by atoms with Crippen LogP contribution in [-0.2, 0) is 4.79 Å². The number of amides is 2. The number of hydrazine groups is 1. The Bertz CT molecular complexity index is 1080. The molecule has 1 aromatic heterocycles. The average Bonchev–Trinajstić information content (AvgIpc) is 2.66. The quantitative estimate of drug-likeness (QED) is 0.413. The van der Waals surface area contributed by atoms with Gasteiger partial charge in [0.25, 0.3) is 11.8 Å². The number of pyridine rings is 1. The van der Waals surface area contributed by atoms with Crippen molar-refractivity contribution < 1.29 is 9.59 Å². The van der Waals surface area contributed by atoms with Gasteiger partial charge in [-0.1, -0.05) is 48.0 Å². The topological polar surface area (TPSA) is 83.1 Å². The minimum absolute atomic E-state index is 0.186. The van der Waals surface area contributed by atoms with E-state index in [9.17, 15) is 9.59 Å². The second kappa shape index (κ2) is 8.29. The zero-order valence-electron chi connectivity index (χ0n) is 14.8. The van der Waals surface area contributed by atoms with E-state index in [2.05, 4.69) is 27.7 Å². The van der Waals surface area contributed by atoms with E-state index in [1.807, 2.05) is 6.07 Å². The third-order valence-corrected chi connectivity index (χ3v) is 4.54. The number of fused-ring (bicyclic) bond motifs is 1. The summed E-state index contributed by atoms with van der Waals surface area (Å²) >= 11 is 12.2. The molecule has 0 aliphatic heterocycles. The number of nitrogens with zero attached hydrogens (tertiary/aromatic N) is 1. The molecule has 0 radical (unpaired) electrons. The molecule has 2 amide bonds. The average molecular weight is 415 g/mol. The molecule has 0 fully saturated rings. The van der Waals surface area contributed by atoms with Gasteiger partial charge in [0.05, 0.1) is 32.5 Å². The summed E-state index contributed by atoms with van der Waals surface area (Å²) in [5.41, 5.74) is 7.59. The van der Waals surface area contributed by atoms with Crippen LogP contribution < -0.4 is 16.2 Å². The maximum atomic E-state index is 12.7. The molecule has 0 atom stereocenters. The fourth-order valence-electron chi connectivity index (χ4n) is 2.52. The predicted molar refractivity (Wildman–Crippen MR) is 113 cm³/mol. The van der Waals surface area contributed by atoms with Crippen molar-refractivity contribution in [2.45, 2.75) is 6.92 Å². The number of anilines is 2. The highest BCUT2D eigenvalue weighted by Gasteiger charge is 2.16. The lowest BCUT2D eigenvalue weighted by molar-refractivity contribution is -0.116. The number of halogens is 2. The SMILES string of the molecule is C=C(C)C(=O)NNc1ccnc2c(NC(=O)c3c(Cl)cccc3Cl)cccc12. The van der Waals surface area contributed by atoms with E-state index in [0.29, 0.717) is 27.9 Å². The Morgan fingerprint density at radius 3 is 2.36 bits per heavy atom. The molecule has 0 aliphatic carbocycles. The number of para-hydroxylation sites is 1. The molecule has 0 spiro atoms. The van der Waals surface area contributed by atoms with Gasteiger partial charge in [-0.05, 0) is 31.2 Å². The Hall–Kier alpha value is -3.09. The molecule has 0 saturated carbocycles. The lowest BCUT2D eigenvalue weighted by atomic mass is 10.1. The number of hydrogen-bond donors (Lipinski definition) is 3. The van der Waals surface area contributed by atoms with Crippen molar-refractivity contribution >= 4 is 57.3 Å². The van der Waals surface area contributed by atoms with Crippen molar-refractivity contribution in [2.24, 2.45) is 0 Å². The molecular weight excluding hydrogens is 399 g/mol. The van der Waals surface area contributed by atoms with Gasteiger partial charge in [0, 0.05) is 17.2 Å². The summed E-state index contributed by atoms with van der Waals surface area (Å²) in [7, 11) is 0. The van der Waals surface area contributed by atoms with Crippen LogP contribution in [-0.4, -0.2) is 16.8 Å². The maximum Gasteiger partial charge on any atom is 0.264 e. The first-order chi connectivity index (χ1) is 13.4. The molecule has 3 rings (SSSR count). The predicted octanol–water partition coefficient (Wildman–Crippen LogP) is 4.81. The van der Waals surface area contributed by atoms with Crippen molar-refractivity contribution in [1.29, 1.82) is 0 Å². The summed E-state index contributed by atoms with van der Waals surface area (Å²) in [6.07, 6.45) is 1.57. The molecule has 142 valence electrons. The van der Waals surface area contributed by atoms with Crippen LogP contribution in [0.3, 0.4) is 0 Å². The van der Waals surface area contributed by atoms with Gasteiger partial charge in [-0.3, -0.25) is 25.4 Å². The van der Waals surface area contributed by atoms with Crippen LogP contribution in [0.2, 0.25) is 10.0 Å². The second-order valence-corrected chi connectivity index (χ2v) is 6.78. The van der Waals surface area contributed by atoms with Crippen molar-refractivity contribution in [3.05, 3.63) is 76.4 Å². The van der Waals surface area contributed by atoms with Crippen LogP contribution in [0.1, 0.15) is 17.3 Å². The number of rotatable bonds is 5. The smallest absolute Gasteiger partial charge is 0.264 e. The first-order valence-corrected chi connectivity index (χ1v) is 8.99. The third-order valence-electron chi connectivity index (χ3n) is 3.91. The number of benzene rings is 2. The van der Waals surface area contributed by atoms with E-state index in [1.165, 1.54) is 0 Å². The minimum atomic E-state index is -0.446. The van der Waals surface area contributed by atoms with Gasteiger partial charge in [-0.15, -0.1) is 0 Å². The van der Waals surface area contributed by atoms with Crippen LogP contribution >= 0.6 is 23.2 Å². The summed E-state index contributed by atoms with van der Waals surface area (Å²) in [4.78, 5) is 28.7. The number of carbonyl (C=O) groups is 2. The molecule has 2 aromatic carbocycles. The van der Waals surface area contributed by atoms with Crippen LogP contribution in [0, 0.1) is 0 Å². The molecule has 8 heteroatoms. The largest absolute Gasteiger partial charge is 0.320 e. The summed E-state index contributed by atoms with van der Waals surface area (Å²) in [6, 6.07) is 11.9. The molecule has 0 unspecified atom stereocenters. The Balaban J connectivity index is 1.93. The van der Waals surface area contributed by atoms with Crippen molar-refractivity contribution in [2.75, 3.05) is 10.7 Å². The fourth-order valence-corrected chi connectivity index (χ4v) is 3.09. The highest BCUT2D eigenvalue weighted by atomic mass is 35.5. The van der Waals surface area contributed by atoms with Crippen LogP contribution in [0.4, 0.5) is 11.4 Å². The second-order valence-electron chi connectivity index (χ2n) is 5.97. The van der Waals surface area contributed by atoms with Crippen molar-refractivity contribution in [3.63, 3.8) is 0 Å². The van der Waals surface area contributed by atoms with E-state index in [0.717, 1.165) is 0 Å². The van der Waals surface area contributed by atoms with Crippen LogP contribution in [0.5, 0.6) is 0 Å². The number of aromatic nitrogens is 1.